The van der Waals surface area contributed by atoms with E-state index in [1.165, 1.54) is 0 Å². The summed E-state index contributed by atoms with van der Waals surface area (Å²) in [6.45, 7) is 1.91. The van der Waals surface area contributed by atoms with Gasteiger partial charge in [0.2, 0.25) is 0 Å². The van der Waals surface area contributed by atoms with Crippen LogP contribution in [-0.2, 0) is 0 Å². The Kier molecular flexibility index (Phi) is 4.37. The molecule has 0 spiro atoms. The fourth-order valence-electron chi connectivity index (χ4n) is 4.10. The molecule has 0 amide bonds. The summed E-state index contributed by atoms with van der Waals surface area (Å²) >= 11 is 0. The van der Waals surface area contributed by atoms with Gasteiger partial charge in [0, 0.05) is 43.8 Å². The SMILES string of the molecule is CN1C=CC(c2ccncn2)=N[C@@H]1N1CCCC(c2noc3ccccc23)C1. The van der Waals surface area contributed by atoms with Crippen LogP contribution in [0.15, 0.2) is 64.6 Å². The predicted molar refractivity (Wildman–Crippen MR) is 107 cm³/mol. The second-order valence-corrected chi connectivity index (χ2v) is 7.33. The zero-order valence-corrected chi connectivity index (χ0v) is 15.8. The van der Waals surface area contributed by atoms with E-state index in [0.717, 1.165) is 54.0 Å². The molecule has 5 rings (SSSR count). The van der Waals surface area contributed by atoms with Gasteiger partial charge in [-0.1, -0.05) is 17.3 Å². The molecular formula is C21H22N6O. The number of para-hydroxylation sites is 1. The van der Waals surface area contributed by atoms with E-state index in [-0.39, 0.29) is 6.29 Å². The van der Waals surface area contributed by atoms with Crippen molar-refractivity contribution < 1.29 is 4.52 Å². The molecule has 142 valence electrons. The number of aliphatic imine (C=N–C) groups is 1. The van der Waals surface area contributed by atoms with Gasteiger partial charge in [0.15, 0.2) is 11.9 Å². The highest BCUT2D eigenvalue weighted by atomic mass is 16.5. The van der Waals surface area contributed by atoms with E-state index in [1.54, 1.807) is 12.5 Å². The first-order valence-corrected chi connectivity index (χ1v) is 9.62. The Hall–Kier alpha value is -3.06. The Morgan fingerprint density at radius 2 is 2.11 bits per heavy atom. The minimum atomic E-state index is -0.0454. The van der Waals surface area contributed by atoms with E-state index >= 15 is 0 Å². The Morgan fingerprint density at radius 1 is 1.18 bits per heavy atom. The molecular weight excluding hydrogens is 352 g/mol. The van der Waals surface area contributed by atoms with Crippen molar-refractivity contribution in [1.29, 1.82) is 0 Å². The standard InChI is InChI=1S/C21H22N6O/c1-26-12-9-18(17-8-10-22-14-23-17)24-21(26)27-11-4-5-15(13-27)20-16-6-2-3-7-19(16)28-25-20/h2-3,6-10,12,14-15,21H,4-5,11,13H2,1H3/t15?,21-/m0/s1. The summed E-state index contributed by atoms with van der Waals surface area (Å²) in [7, 11) is 2.07. The van der Waals surface area contributed by atoms with Gasteiger partial charge in [-0.2, -0.15) is 0 Å². The van der Waals surface area contributed by atoms with Gasteiger partial charge in [0.1, 0.15) is 6.33 Å². The number of piperidine rings is 1. The van der Waals surface area contributed by atoms with Crippen molar-refractivity contribution in [3.63, 3.8) is 0 Å². The number of hydrogen-bond acceptors (Lipinski definition) is 7. The maximum absolute atomic E-state index is 5.55. The molecule has 1 saturated heterocycles. The minimum absolute atomic E-state index is 0.0454. The first-order chi connectivity index (χ1) is 13.8. The minimum Gasteiger partial charge on any atom is -0.356 e. The lowest BCUT2D eigenvalue weighted by molar-refractivity contribution is 0.0693. The molecule has 4 heterocycles. The molecule has 0 N–H and O–H groups in total. The summed E-state index contributed by atoms with van der Waals surface area (Å²) in [6.07, 6.45) is 9.57. The number of benzene rings is 1. The average molecular weight is 374 g/mol. The molecule has 0 bridgehead atoms. The van der Waals surface area contributed by atoms with Gasteiger partial charge in [-0.25, -0.2) is 15.0 Å². The summed E-state index contributed by atoms with van der Waals surface area (Å²) in [5.41, 5.74) is 3.66. The van der Waals surface area contributed by atoms with E-state index < -0.39 is 0 Å². The summed E-state index contributed by atoms with van der Waals surface area (Å²) < 4.78 is 5.55. The molecule has 0 radical (unpaired) electrons. The maximum atomic E-state index is 5.55. The smallest absolute Gasteiger partial charge is 0.178 e. The van der Waals surface area contributed by atoms with Crippen LogP contribution in [0, 0.1) is 0 Å². The summed E-state index contributed by atoms with van der Waals surface area (Å²) in [4.78, 5) is 17.9. The first-order valence-electron chi connectivity index (χ1n) is 9.62. The maximum Gasteiger partial charge on any atom is 0.178 e. The number of rotatable bonds is 3. The van der Waals surface area contributed by atoms with Crippen molar-refractivity contribution >= 4 is 16.7 Å². The number of likely N-dealkylation sites (tertiary alicyclic amines) is 1. The van der Waals surface area contributed by atoms with Crippen molar-refractivity contribution in [2.24, 2.45) is 4.99 Å². The fourth-order valence-corrected chi connectivity index (χ4v) is 4.10. The summed E-state index contributed by atoms with van der Waals surface area (Å²) in [5.74, 6) is 0.342. The van der Waals surface area contributed by atoms with E-state index in [0.29, 0.717) is 5.92 Å². The second kappa shape index (κ2) is 7.16. The van der Waals surface area contributed by atoms with Gasteiger partial charge in [-0.15, -0.1) is 0 Å². The highest BCUT2D eigenvalue weighted by molar-refractivity contribution is 6.07. The number of nitrogens with zero attached hydrogens (tertiary/aromatic N) is 6. The summed E-state index contributed by atoms with van der Waals surface area (Å²) in [6, 6.07) is 10.00. The number of fused-ring (bicyclic) bond motifs is 1. The second-order valence-electron chi connectivity index (χ2n) is 7.33. The van der Waals surface area contributed by atoms with Gasteiger partial charge < -0.3 is 9.42 Å². The van der Waals surface area contributed by atoms with Crippen molar-refractivity contribution in [3.8, 4) is 0 Å². The monoisotopic (exact) mass is 374 g/mol. The lowest BCUT2D eigenvalue weighted by Crippen LogP contribution is -2.49. The van der Waals surface area contributed by atoms with Crippen LogP contribution in [-0.4, -0.2) is 57.1 Å². The highest BCUT2D eigenvalue weighted by Gasteiger charge is 2.31. The normalized spacial score (nSPS) is 23.2. The Morgan fingerprint density at radius 3 is 3.00 bits per heavy atom. The largest absolute Gasteiger partial charge is 0.356 e. The number of allylic oxidation sites excluding steroid dienone is 1. The van der Waals surface area contributed by atoms with Crippen LogP contribution >= 0.6 is 0 Å². The van der Waals surface area contributed by atoms with Crippen LogP contribution in [0.4, 0.5) is 0 Å². The van der Waals surface area contributed by atoms with Gasteiger partial charge in [0.05, 0.1) is 17.1 Å². The Labute approximate surface area is 163 Å². The zero-order chi connectivity index (χ0) is 18.9. The number of aromatic nitrogens is 3. The van der Waals surface area contributed by atoms with Crippen LogP contribution in [0.5, 0.6) is 0 Å². The molecule has 1 fully saturated rings. The molecule has 28 heavy (non-hydrogen) atoms. The van der Waals surface area contributed by atoms with Crippen LogP contribution < -0.4 is 0 Å². The molecule has 1 aromatic carbocycles. The van der Waals surface area contributed by atoms with Crippen LogP contribution in [0.3, 0.4) is 0 Å². The zero-order valence-electron chi connectivity index (χ0n) is 15.8. The van der Waals surface area contributed by atoms with Crippen molar-refractivity contribution in [2.45, 2.75) is 25.0 Å². The molecule has 2 aliphatic rings. The average Bonchev–Trinajstić information content (AvgIpc) is 3.19. The third-order valence-electron chi connectivity index (χ3n) is 5.50. The van der Waals surface area contributed by atoms with E-state index in [2.05, 4.69) is 44.2 Å². The molecule has 2 aliphatic heterocycles. The van der Waals surface area contributed by atoms with Crippen molar-refractivity contribution in [2.75, 3.05) is 20.1 Å². The van der Waals surface area contributed by atoms with E-state index in [1.807, 2.05) is 30.3 Å². The van der Waals surface area contributed by atoms with Crippen molar-refractivity contribution in [1.82, 2.24) is 24.9 Å². The quantitative estimate of drug-likeness (QED) is 0.702. The van der Waals surface area contributed by atoms with E-state index in [4.69, 9.17) is 9.52 Å². The molecule has 7 nitrogen and oxygen atoms in total. The van der Waals surface area contributed by atoms with E-state index in [9.17, 15) is 0 Å². The molecule has 7 heteroatoms. The molecule has 0 aliphatic carbocycles. The molecule has 3 aromatic rings. The van der Waals surface area contributed by atoms with Gasteiger partial charge in [0.25, 0.3) is 0 Å². The molecule has 1 unspecified atom stereocenters. The van der Waals surface area contributed by atoms with Gasteiger partial charge in [-0.3, -0.25) is 4.90 Å². The third kappa shape index (κ3) is 3.07. The van der Waals surface area contributed by atoms with Crippen LogP contribution in [0.25, 0.3) is 11.0 Å². The third-order valence-corrected chi connectivity index (χ3v) is 5.50. The van der Waals surface area contributed by atoms with Crippen molar-refractivity contribution in [3.05, 3.63) is 66.5 Å². The topological polar surface area (TPSA) is 70.7 Å². The lowest BCUT2D eigenvalue weighted by atomic mass is 9.93. The molecule has 2 atom stereocenters. The predicted octanol–water partition coefficient (Wildman–Crippen LogP) is 3.03. The Bertz CT molecular complexity index is 1030. The van der Waals surface area contributed by atoms with Crippen LogP contribution in [0.1, 0.15) is 30.1 Å². The number of hydrogen-bond donors (Lipinski definition) is 0. The Balaban J connectivity index is 1.41. The summed E-state index contributed by atoms with van der Waals surface area (Å²) in [5, 5.41) is 5.52. The first kappa shape index (κ1) is 17.1. The molecule has 0 saturated carbocycles. The molecule has 2 aromatic heterocycles. The fraction of sp³-hybridized carbons (Fsp3) is 0.333. The van der Waals surface area contributed by atoms with Crippen LogP contribution in [0.2, 0.25) is 0 Å². The lowest BCUT2D eigenvalue weighted by Gasteiger charge is -2.40. The van der Waals surface area contributed by atoms with Gasteiger partial charge in [-0.05, 0) is 37.1 Å². The van der Waals surface area contributed by atoms with Gasteiger partial charge >= 0.3 is 0 Å². The highest BCUT2D eigenvalue weighted by Crippen LogP contribution is 2.33.